The molecule has 0 saturated carbocycles. The fourth-order valence-electron chi connectivity index (χ4n) is 3.01. The highest BCUT2D eigenvalue weighted by Crippen LogP contribution is 2.16. The van der Waals surface area contributed by atoms with Crippen molar-refractivity contribution >= 4 is 11.9 Å². The molecule has 2 aromatic rings. The van der Waals surface area contributed by atoms with Crippen molar-refractivity contribution in [2.75, 3.05) is 18.0 Å². The molecule has 1 saturated heterocycles. The van der Waals surface area contributed by atoms with E-state index >= 15 is 0 Å². The maximum absolute atomic E-state index is 12.4. The molecule has 2 N–H and O–H groups in total. The van der Waals surface area contributed by atoms with Gasteiger partial charge in [0.2, 0.25) is 5.95 Å². The van der Waals surface area contributed by atoms with Crippen LogP contribution in [0.1, 0.15) is 42.9 Å². The van der Waals surface area contributed by atoms with Gasteiger partial charge in [-0.1, -0.05) is 13.8 Å². The number of hydrogen-bond acceptors (Lipinski definition) is 5. The Morgan fingerprint density at radius 3 is 2.96 bits per heavy atom. The van der Waals surface area contributed by atoms with Crippen LogP contribution >= 0.6 is 0 Å². The molecule has 2 aromatic heterocycles. The third-order valence-corrected chi connectivity index (χ3v) is 4.08. The summed E-state index contributed by atoms with van der Waals surface area (Å²) in [6.45, 7) is 5.92. The summed E-state index contributed by atoms with van der Waals surface area (Å²) in [5, 5.41) is 10.2. The van der Waals surface area contributed by atoms with E-state index in [1.54, 1.807) is 18.5 Å². The molecule has 7 heteroatoms. The minimum atomic E-state index is -0.123. The van der Waals surface area contributed by atoms with Gasteiger partial charge in [0.15, 0.2) is 0 Å². The normalized spacial score (nSPS) is 18.0. The van der Waals surface area contributed by atoms with Gasteiger partial charge in [-0.2, -0.15) is 5.10 Å². The number of carbonyl (C=O) groups excluding carboxylic acids is 1. The second-order valence-electron chi connectivity index (χ2n) is 6.68. The third kappa shape index (κ3) is 4.10. The summed E-state index contributed by atoms with van der Waals surface area (Å²) >= 11 is 0. The summed E-state index contributed by atoms with van der Waals surface area (Å²) in [6.07, 6.45) is 6.33. The first-order valence-corrected chi connectivity index (χ1v) is 8.49. The Labute approximate surface area is 141 Å². The lowest BCUT2D eigenvalue weighted by atomic mass is 10.1. The van der Waals surface area contributed by atoms with Crippen LogP contribution in [0.2, 0.25) is 0 Å². The summed E-state index contributed by atoms with van der Waals surface area (Å²) < 4.78 is 0. The van der Waals surface area contributed by atoms with Crippen molar-refractivity contribution in [3.63, 3.8) is 0 Å². The van der Waals surface area contributed by atoms with Gasteiger partial charge in [0.25, 0.3) is 5.91 Å². The molecule has 24 heavy (non-hydrogen) atoms. The SMILES string of the molecule is CC(C)Cc1cc(C(=O)NC2CCCN(c3ncccn3)C2)n[nH]1. The van der Waals surface area contributed by atoms with Gasteiger partial charge in [-0.05, 0) is 37.3 Å². The molecule has 0 spiro atoms. The van der Waals surface area contributed by atoms with Crippen molar-refractivity contribution < 1.29 is 4.79 Å². The van der Waals surface area contributed by atoms with Crippen LogP contribution in [-0.4, -0.2) is 45.2 Å². The van der Waals surface area contributed by atoms with Crippen molar-refractivity contribution in [2.24, 2.45) is 5.92 Å². The van der Waals surface area contributed by atoms with Gasteiger partial charge in [-0.15, -0.1) is 0 Å². The minimum absolute atomic E-state index is 0.0836. The Bertz CT molecular complexity index is 669. The number of rotatable bonds is 5. The largest absolute Gasteiger partial charge is 0.346 e. The maximum atomic E-state index is 12.4. The predicted molar refractivity (Wildman–Crippen MR) is 91.9 cm³/mol. The average Bonchev–Trinajstić information content (AvgIpc) is 3.04. The Morgan fingerprint density at radius 2 is 2.21 bits per heavy atom. The van der Waals surface area contributed by atoms with E-state index in [0.29, 0.717) is 11.6 Å². The highest BCUT2D eigenvalue weighted by Gasteiger charge is 2.24. The Morgan fingerprint density at radius 1 is 1.42 bits per heavy atom. The molecule has 3 rings (SSSR count). The minimum Gasteiger partial charge on any atom is -0.346 e. The first kappa shape index (κ1) is 16.4. The molecule has 1 fully saturated rings. The van der Waals surface area contributed by atoms with E-state index in [1.807, 2.05) is 6.07 Å². The first-order valence-electron chi connectivity index (χ1n) is 8.49. The van der Waals surface area contributed by atoms with Gasteiger partial charge >= 0.3 is 0 Å². The van der Waals surface area contributed by atoms with Crippen LogP contribution in [0.25, 0.3) is 0 Å². The molecule has 1 atom stereocenters. The topological polar surface area (TPSA) is 86.8 Å². The number of aromatic amines is 1. The number of nitrogens with zero attached hydrogens (tertiary/aromatic N) is 4. The third-order valence-electron chi connectivity index (χ3n) is 4.08. The van der Waals surface area contributed by atoms with E-state index in [2.05, 4.69) is 44.2 Å². The van der Waals surface area contributed by atoms with Crippen LogP contribution in [-0.2, 0) is 6.42 Å². The lowest BCUT2D eigenvalue weighted by molar-refractivity contribution is 0.0928. The smallest absolute Gasteiger partial charge is 0.272 e. The van der Waals surface area contributed by atoms with Gasteiger partial charge in [0.05, 0.1) is 0 Å². The van der Waals surface area contributed by atoms with Gasteiger partial charge in [-0.3, -0.25) is 9.89 Å². The van der Waals surface area contributed by atoms with E-state index in [4.69, 9.17) is 0 Å². The van der Waals surface area contributed by atoms with Gasteiger partial charge in [-0.25, -0.2) is 9.97 Å². The number of nitrogens with one attached hydrogen (secondary N) is 2. The molecule has 1 unspecified atom stereocenters. The molecule has 1 aliphatic heterocycles. The summed E-state index contributed by atoms with van der Waals surface area (Å²) in [6, 6.07) is 3.73. The fourth-order valence-corrected chi connectivity index (χ4v) is 3.01. The zero-order chi connectivity index (χ0) is 16.9. The number of amides is 1. The second kappa shape index (κ2) is 7.42. The van der Waals surface area contributed by atoms with Crippen LogP contribution in [0, 0.1) is 5.92 Å². The molecule has 0 bridgehead atoms. The van der Waals surface area contributed by atoms with E-state index in [0.717, 1.165) is 44.0 Å². The van der Waals surface area contributed by atoms with E-state index < -0.39 is 0 Å². The second-order valence-corrected chi connectivity index (χ2v) is 6.68. The molecule has 128 valence electrons. The van der Waals surface area contributed by atoms with Crippen molar-refractivity contribution in [2.45, 2.75) is 39.2 Å². The molecule has 1 amide bonds. The van der Waals surface area contributed by atoms with Crippen LogP contribution in [0.4, 0.5) is 5.95 Å². The molecule has 0 radical (unpaired) electrons. The van der Waals surface area contributed by atoms with Gasteiger partial charge in [0, 0.05) is 37.2 Å². The number of piperidine rings is 1. The predicted octanol–water partition coefficient (Wildman–Crippen LogP) is 1.80. The van der Waals surface area contributed by atoms with E-state index in [1.165, 1.54) is 0 Å². The number of hydrogen-bond donors (Lipinski definition) is 2. The lowest BCUT2D eigenvalue weighted by Gasteiger charge is -2.32. The summed E-state index contributed by atoms with van der Waals surface area (Å²) in [5.41, 5.74) is 1.46. The van der Waals surface area contributed by atoms with Crippen molar-refractivity contribution in [1.29, 1.82) is 0 Å². The molecule has 3 heterocycles. The molecular weight excluding hydrogens is 304 g/mol. The van der Waals surface area contributed by atoms with E-state index in [9.17, 15) is 4.79 Å². The zero-order valence-corrected chi connectivity index (χ0v) is 14.2. The van der Waals surface area contributed by atoms with Crippen molar-refractivity contribution in [3.8, 4) is 0 Å². The van der Waals surface area contributed by atoms with Gasteiger partial charge in [0.1, 0.15) is 5.69 Å². The standard InChI is InChI=1S/C17H24N6O/c1-12(2)9-14-10-15(22-21-14)16(24)20-13-5-3-8-23(11-13)17-18-6-4-7-19-17/h4,6-7,10,12-13H,3,5,8-9,11H2,1-2H3,(H,20,24)(H,21,22). The summed E-state index contributed by atoms with van der Waals surface area (Å²) in [4.78, 5) is 23.1. The van der Waals surface area contributed by atoms with Crippen LogP contribution < -0.4 is 10.2 Å². The van der Waals surface area contributed by atoms with Crippen LogP contribution in [0.5, 0.6) is 0 Å². The highest BCUT2D eigenvalue weighted by atomic mass is 16.2. The Hall–Kier alpha value is -2.44. The molecular formula is C17H24N6O. The Kier molecular flexibility index (Phi) is 5.08. The number of anilines is 1. The molecule has 1 aliphatic rings. The quantitative estimate of drug-likeness (QED) is 0.874. The van der Waals surface area contributed by atoms with Crippen molar-refractivity contribution in [1.82, 2.24) is 25.5 Å². The summed E-state index contributed by atoms with van der Waals surface area (Å²) in [5.74, 6) is 1.12. The molecule has 0 aromatic carbocycles. The number of carbonyl (C=O) groups is 1. The highest BCUT2D eigenvalue weighted by molar-refractivity contribution is 5.92. The average molecular weight is 328 g/mol. The maximum Gasteiger partial charge on any atom is 0.272 e. The Balaban J connectivity index is 1.59. The monoisotopic (exact) mass is 328 g/mol. The molecule has 0 aliphatic carbocycles. The van der Waals surface area contributed by atoms with Crippen molar-refractivity contribution in [3.05, 3.63) is 35.9 Å². The van der Waals surface area contributed by atoms with Crippen LogP contribution in [0.15, 0.2) is 24.5 Å². The zero-order valence-electron chi connectivity index (χ0n) is 14.2. The number of aromatic nitrogens is 4. The van der Waals surface area contributed by atoms with E-state index in [-0.39, 0.29) is 11.9 Å². The number of H-pyrrole nitrogens is 1. The summed E-state index contributed by atoms with van der Waals surface area (Å²) in [7, 11) is 0. The lowest BCUT2D eigenvalue weighted by Crippen LogP contribution is -2.48. The fraction of sp³-hybridized carbons (Fsp3) is 0.529. The van der Waals surface area contributed by atoms with Crippen LogP contribution in [0.3, 0.4) is 0 Å². The van der Waals surface area contributed by atoms with Gasteiger partial charge < -0.3 is 10.2 Å². The molecule has 7 nitrogen and oxygen atoms in total. The first-order chi connectivity index (χ1) is 11.6.